The van der Waals surface area contributed by atoms with Crippen molar-refractivity contribution in [3.63, 3.8) is 0 Å². The first-order chi connectivity index (χ1) is 29.4. The van der Waals surface area contributed by atoms with Gasteiger partial charge in [-0.25, -0.2) is 9.80 Å². The Kier molecular flexibility index (Phi) is 7.07. The Morgan fingerprint density at radius 3 is 0.967 bits per heavy atom. The summed E-state index contributed by atoms with van der Waals surface area (Å²) in [6.07, 6.45) is 0. The van der Waals surface area contributed by atoms with Gasteiger partial charge in [-0.3, -0.25) is 19.2 Å². The number of anilines is 2. The van der Waals surface area contributed by atoms with Crippen molar-refractivity contribution in [2.24, 2.45) is 0 Å². The van der Waals surface area contributed by atoms with Crippen LogP contribution in [-0.4, -0.2) is 32.8 Å². The van der Waals surface area contributed by atoms with Gasteiger partial charge in [0.05, 0.1) is 55.7 Å². The number of carbonyl (C=O) groups is 4. The van der Waals surface area contributed by atoms with Gasteiger partial charge in [0.25, 0.3) is 23.6 Å². The van der Waals surface area contributed by atoms with Crippen LogP contribution in [0, 0.1) is 0 Å². The molecule has 0 spiro atoms. The van der Waals surface area contributed by atoms with Gasteiger partial charge < -0.3 is 9.13 Å². The fourth-order valence-corrected chi connectivity index (χ4v) is 9.26. The summed E-state index contributed by atoms with van der Waals surface area (Å²) in [5.41, 5.74) is 9.20. The van der Waals surface area contributed by atoms with Crippen molar-refractivity contribution in [1.82, 2.24) is 9.13 Å². The molecule has 2 aromatic heterocycles. The second-order valence-corrected chi connectivity index (χ2v) is 15.2. The molecule has 282 valence electrons. The van der Waals surface area contributed by atoms with E-state index in [0.717, 1.165) is 55.0 Å². The summed E-state index contributed by atoms with van der Waals surface area (Å²) in [7, 11) is 0. The van der Waals surface area contributed by atoms with E-state index in [1.54, 1.807) is 60.7 Å². The largest absolute Gasteiger partial charge is 0.309 e. The van der Waals surface area contributed by atoms with Crippen LogP contribution in [0.2, 0.25) is 0 Å². The van der Waals surface area contributed by atoms with Crippen LogP contribution in [0.5, 0.6) is 0 Å². The minimum absolute atomic E-state index is 0.332. The average Bonchev–Trinajstić information content (AvgIpc) is 3.97. The van der Waals surface area contributed by atoms with Crippen molar-refractivity contribution in [2.75, 3.05) is 9.80 Å². The SMILES string of the molecule is O=C1c2ccc(-n3c4ccccc4c4ccccc43)cc2C(=O)N1c1cccc(-c2cccc(N3C(=O)c4ccc(-n5c6ccccc6c6ccccc65)cc4C3=O)c2)c1. The van der Waals surface area contributed by atoms with Crippen LogP contribution in [0.25, 0.3) is 66.1 Å². The van der Waals surface area contributed by atoms with Gasteiger partial charge in [0.2, 0.25) is 0 Å². The predicted molar refractivity (Wildman–Crippen MR) is 236 cm³/mol. The minimum Gasteiger partial charge on any atom is -0.309 e. The third-order valence-electron chi connectivity index (χ3n) is 12.0. The number of nitrogens with zero attached hydrogens (tertiary/aromatic N) is 4. The van der Waals surface area contributed by atoms with Crippen molar-refractivity contribution < 1.29 is 19.2 Å². The van der Waals surface area contributed by atoms with Crippen molar-refractivity contribution in [3.05, 3.63) is 204 Å². The van der Waals surface area contributed by atoms with Gasteiger partial charge in [0.1, 0.15) is 0 Å². The van der Waals surface area contributed by atoms with Gasteiger partial charge in [-0.2, -0.15) is 0 Å². The number of para-hydroxylation sites is 4. The van der Waals surface area contributed by atoms with Crippen molar-refractivity contribution >= 4 is 78.6 Å². The fraction of sp³-hybridized carbons (Fsp3) is 0. The zero-order valence-corrected chi connectivity index (χ0v) is 31.7. The molecule has 8 heteroatoms. The normalized spacial score (nSPS) is 13.7. The number of carbonyl (C=O) groups excluding carboxylic acids is 4. The third kappa shape index (κ3) is 4.73. The molecule has 0 N–H and O–H groups in total. The summed E-state index contributed by atoms with van der Waals surface area (Å²) >= 11 is 0. The van der Waals surface area contributed by atoms with E-state index in [2.05, 4.69) is 57.7 Å². The van der Waals surface area contributed by atoms with E-state index in [-0.39, 0.29) is 0 Å². The zero-order valence-electron chi connectivity index (χ0n) is 31.7. The lowest BCUT2D eigenvalue weighted by Crippen LogP contribution is -2.29. The summed E-state index contributed by atoms with van der Waals surface area (Å²) in [5, 5.41) is 4.41. The molecule has 0 aliphatic carbocycles. The number of imide groups is 2. The molecule has 8 nitrogen and oxygen atoms in total. The molecule has 2 aliphatic rings. The molecule has 4 heterocycles. The number of aromatic nitrogens is 2. The Bertz CT molecular complexity index is 3220. The zero-order chi connectivity index (χ0) is 40.2. The minimum atomic E-state index is -0.408. The van der Waals surface area contributed by atoms with Crippen molar-refractivity contribution in [1.29, 1.82) is 0 Å². The van der Waals surface area contributed by atoms with E-state index < -0.39 is 23.6 Å². The maximum Gasteiger partial charge on any atom is 0.266 e. The first-order valence-corrected chi connectivity index (χ1v) is 19.7. The maximum atomic E-state index is 14.2. The molecule has 10 aromatic rings. The number of fused-ring (bicyclic) bond motifs is 8. The van der Waals surface area contributed by atoms with Crippen LogP contribution in [0.1, 0.15) is 41.4 Å². The van der Waals surface area contributed by atoms with E-state index in [4.69, 9.17) is 0 Å². The van der Waals surface area contributed by atoms with Crippen LogP contribution in [0.4, 0.5) is 11.4 Å². The van der Waals surface area contributed by atoms with Crippen LogP contribution in [0.15, 0.2) is 182 Å². The molecule has 0 bridgehead atoms. The Morgan fingerprint density at radius 2 is 0.600 bits per heavy atom. The van der Waals surface area contributed by atoms with Crippen LogP contribution in [-0.2, 0) is 0 Å². The Balaban J connectivity index is 0.863. The molecular weight excluding hydrogens is 745 g/mol. The van der Waals surface area contributed by atoms with Crippen molar-refractivity contribution in [3.8, 4) is 22.5 Å². The van der Waals surface area contributed by atoms with E-state index >= 15 is 0 Å². The number of amides is 4. The second-order valence-electron chi connectivity index (χ2n) is 15.2. The molecule has 2 aliphatic heterocycles. The summed E-state index contributed by atoms with van der Waals surface area (Å²) in [4.78, 5) is 58.6. The number of rotatable bonds is 5. The van der Waals surface area contributed by atoms with E-state index in [9.17, 15) is 19.2 Å². The van der Waals surface area contributed by atoms with E-state index in [1.165, 1.54) is 9.80 Å². The highest BCUT2D eigenvalue weighted by atomic mass is 16.2. The lowest BCUT2D eigenvalue weighted by molar-refractivity contribution is 0.0910. The quantitative estimate of drug-likeness (QED) is 0.163. The molecule has 0 atom stereocenters. The van der Waals surface area contributed by atoms with Gasteiger partial charge in [0.15, 0.2) is 0 Å². The molecule has 0 radical (unpaired) electrons. The highest BCUT2D eigenvalue weighted by Gasteiger charge is 2.39. The summed E-state index contributed by atoms with van der Waals surface area (Å²) in [6, 6.07) is 57.8. The molecule has 0 saturated heterocycles. The van der Waals surface area contributed by atoms with Gasteiger partial charge in [0, 0.05) is 32.9 Å². The van der Waals surface area contributed by atoms with Crippen LogP contribution in [0.3, 0.4) is 0 Å². The Labute approximate surface area is 342 Å². The van der Waals surface area contributed by atoms with Gasteiger partial charge in [-0.1, -0.05) is 97.1 Å². The van der Waals surface area contributed by atoms with E-state index in [1.807, 2.05) is 72.8 Å². The first kappa shape index (κ1) is 33.7. The maximum absolute atomic E-state index is 14.2. The molecule has 60 heavy (non-hydrogen) atoms. The Hall–Kier alpha value is -8.36. The lowest BCUT2D eigenvalue weighted by atomic mass is 10.0. The molecular formula is C52H30N4O4. The topological polar surface area (TPSA) is 84.6 Å². The highest BCUT2D eigenvalue weighted by Crippen LogP contribution is 2.39. The third-order valence-corrected chi connectivity index (χ3v) is 12.0. The summed E-state index contributed by atoms with van der Waals surface area (Å²) in [6.45, 7) is 0. The summed E-state index contributed by atoms with van der Waals surface area (Å²) < 4.78 is 4.25. The average molecular weight is 775 g/mol. The number of hydrogen-bond acceptors (Lipinski definition) is 4. The second kappa shape index (κ2) is 12.6. The Morgan fingerprint density at radius 1 is 0.267 bits per heavy atom. The van der Waals surface area contributed by atoms with Gasteiger partial charge in [-0.05, 0) is 96.1 Å². The van der Waals surface area contributed by atoms with Crippen LogP contribution >= 0.6 is 0 Å². The van der Waals surface area contributed by atoms with Gasteiger partial charge >= 0.3 is 0 Å². The molecule has 8 aromatic carbocycles. The fourth-order valence-electron chi connectivity index (χ4n) is 9.26. The number of hydrogen-bond donors (Lipinski definition) is 0. The van der Waals surface area contributed by atoms with E-state index in [0.29, 0.717) is 44.8 Å². The van der Waals surface area contributed by atoms with Crippen LogP contribution < -0.4 is 9.80 Å². The predicted octanol–water partition coefficient (Wildman–Crippen LogP) is 11.1. The monoisotopic (exact) mass is 774 g/mol. The van der Waals surface area contributed by atoms with Gasteiger partial charge in [-0.15, -0.1) is 0 Å². The molecule has 0 unspecified atom stereocenters. The first-order valence-electron chi connectivity index (χ1n) is 19.7. The molecule has 0 saturated carbocycles. The lowest BCUT2D eigenvalue weighted by Gasteiger charge is -2.17. The standard InChI is InChI=1S/C52H30N4O4/c57-49-41-25-23-35(53-45-19-5-1-15-37(45)38-16-2-6-20-46(38)53)29-43(41)51(59)55(49)33-13-9-11-31(27-33)32-12-10-14-34(28-32)56-50(58)42-26-24-36(30-44(42)52(56)60)54-47-21-7-3-17-39(47)40-18-4-8-22-48(40)54/h1-30H. The number of benzene rings is 8. The highest BCUT2D eigenvalue weighted by molar-refractivity contribution is 6.35. The molecule has 0 fully saturated rings. The van der Waals surface area contributed by atoms with Crippen molar-refractivity contribution in [2.45, 2.75) is 0 Å². The smallest absolute Gasteiger partial charge is 0.266 e. The molecule has 12 rings (SSSR count). The summed E-state index contributed by atoms with van der Waals surface area (Å²) in [5.74, 6) is -1.62. The molecule has 4 amide bonds.